The Balaban J connectivity index is 0.00000147. The van der Waals surface area contributed by atoms with Crippen LogP contribution in [0.4, 0.5) is 0 Å². The quantitative estimate of drug-likeness (QED) is 0.858. The van der Waals surface area contributed by atoms with Crippen LogP contribution in [0.25, 0.3) is 10.9 Å². The Morgan fingerprint density at radius 1 is 1.20 bits per heavy atom. The van der Waals surface area contributed by atoms with Crippen LogP contribution in [0.15, 0.2) is 30.5 Å². The van der Waals surface area contributed by atoms with Gasteiger partial charge in [0.25, 0.3) is 0 Å². The number of nitrogens with one attached hydrogen (secondary N) is 1. The van der Waals surface area contributed by atoms with Crippen molar-refractivity contribution in [1.29, 1.82) is 0 Å². The summed E-state index contributed by atoms with van der Waals surface area (Å²) in [6, 6.07) is 9.53. The monoisotopic (exact) mass is 292 g/mol. The molecule has 1 aliphatic carbocycles. The topological polar surface area (TPSA) is 17.0 Å². The number of fused-ring (bicyclic) bond motifs is 1. The number of aryl methyl sites for hydroxylation is 1. The lowest BCUT2D eigenvalue weighted by Crippen LogP contribution is -2.25. The van der Waals surface area contributed by atoms with E-state index in [0.717, 1.165) is 19.1 Å². The molecule has 3 heteroatoms. The Bertz CT molecular complexity index is 541. The van der Waals surface area contributed by atoms with Gasteiger partial charge in [-0.15, -0.1) is 12.4 Å². The van der Waals surface area contributed by atoms with Crippen LogP contribution in [-0.2, 0) is 13.1 Å². The third kappa shape index (κ3) is 3.18. The molecule has 0 aliphatic heterocycles. The molecule has 0 unspecified atom stereocenters. The zero-order valence-corrected chi connectivity index (χ0v) is 13.1. The third-order valence-electron chi connectivity index (χ3n) is 4.27. The van der Waals surface area contributed by atoms with Crippen molar-refractivity contribution in [3.05, 3.63) is 36.0 Å². The van der Waals surface area contributed by atoms with E-state index in [1.165, 1.54) is 48.6 Å². The molecular formula is C17H25ClN2. The fraction of sp³-hybridized carbons (Fsp3) is 0.529. The van der Waals surface area contributed by atoms with Crippen LogP contribution in [-0.4, -0.2) is 10.6 Å². The molecule has 1 heterocycles. The summed E-state index contributed by atoms with van der Waals surface area (Å²) in [6.07, 6.45) is 9.04. The Morgan fingerprint density at radius 3 is 2.70 bits per heavy atom. The predicted octanol–water partition coefficient (Wildman–Crippen LogP) is 4.51. The van der Waals surface area contributed by atoms with Crippen LogP contribution in [0.2, 0.25) is 0 Å². The molecule has 1 N–H and O–H groups in total. The van der Waals surface area contributed by atoms with Crippen LogP contribution in [0.5, 0.6) is 0 Å². The molecule has 1 aromatic heterocycles. The molecule has 2 aromatic rings. The van der Waals surface area contributed by atoms with Gasteiger partial charge < -0.3 is 9.88 Å². The van der Waals surface area contributed by atoms with Crippen molar-refractivity contribution < 1.29 is 0 Å². The molecule has 2 nitrogen and oxygen atoms in total. The van der Waals surface area contributed by atoms with Gasteiger partial charge in [-0.2, -0.15) is 0 Å². The fourth-order valence-electron chi connectivity index (χ4n) is 3.27. The minimum atomic E-state index is 0. The van der Waals surface area contributed by atoms with Gasteiger partial charge in [-0.1, -0.05) is 38.0 Å². The Labute approximate surface area is 128 Å². The molecule has 1 aromatic carbocycles. The van der Waals surface area contributed by atoms with Crippen LogP contribution in [0.3, 0.4) is 0 Å². The van der Waals surface area contributed by atoms with Gasteiger partial charge in [0, 0.05) is 36.2 Å². The van der Waals surface area contributed by atoms with E-state index in [1.807, 2.05) is 0 Å². The van der Waals surface area contributed by atoms with Crippen molar-refractivity contribution in [2.24, 2.45) is 0 Å². The van der Waals surface area contributed by atoms with E-state index in [9.17, 15) is 0 Å². The SMILES string of the molecule is CCCn1cc(CNC2CCCC2)c2ccccc21.Cl. The fourth-order valence-corrected chi connectivity index (χ4v) is 3.27. The van der Waals surface area contributed by atoms with E-state index in [0.29, 0.717) is 0 Å². The van der Waals surface area contributed by atoms with Crippen LogP contribution >= 0.6 is 12.4 Å². The minimum absolute atomic E-state index is 0. The standard InChI is InChI=1S/C17H24N2.ClH/c1-2-11-19-13-14(12-18-15-7-3-4-8-15)16-9-5-6-10-17(16)19;/h5-6,9-10,13,15,18H,2-4,7-8,11-12H2,1H3;1H. The van der Waals surface area contributed by atoms with Crippen molar-refractivity contribution >= 4 is 23.3 Å². The molecule has 1 fully saturated rings. The number of nitrogens with zero attached hydrogens (tertiary/aromatic N) is 1. The lowest BCUT2D eigenvalue weighted by atomic mass is 10.1. The normalized spacial score (nSPS) is 15.7. The van der Waals surface area contributed by atoms with E-state index >= 15 is 0 Å². The molecule has 20 heavy (non-hydrogen) atoms. The molecule has 0 saturated heterocycles. The first-order valence-corrected chi connectivity index (χ1v) is 7.68. The van der Waals surface area contributed by atoms with E-state index in [4.69, 9.17) is 0 Å². The number of halogens is 1. The smallest absolute Gasteiger partial charge is 0.0483 e. The highest BCUT2D eigenvalue weighted by Gasteiger charge is 2.15. The van der Waals surface area contributed by atoms with Gasteiger partial charge in [-0.05, 0) is 30.9 Å². The summed E-state index contributed by atoms with van der Waals surface area (Å²) < 4.78 is 2.40. The first-order chi connectivity index (χ1) is 9.38. The zero-order valence-electron chi connectivity index (χ0n) is 12.3. The summed E-state index contributed by atoms with van der Waals surface area (Å²) in [7, 11) is 0. The average Bonchev–Trinajstić information content (AvgIpc) is 3.06. The second-order valence-corrected chi connectivity index (χ2v) is 5.73. The number of hydrogen-bond donors (Lipinski definition) is 1. The molecule has 0 amide bonds. The third-order valence-corrected chi connectivity index (χ3v) is 4.27. The second-order valence-electron chi connectivity index (χ2n) is 5.73. The summed E-state index contributed by atoms with van der Waals surface area (Å²) in [5, 5.41) is 5.15. The average molecular weight is 293 g/mol. The van der Waals surface area contributed by atoms with Gasteiger partial charge in [0.2, 0.25) is 0 Å². The first kappa shape index (κ1) is 15.4. The summed E-state index contributed by atoms with van der Waals surface area (Å²) >= 11 is 0. The Hall–Kier alpha value is -0.990. The maximum atomic E-state index is 3.73. The number of hydrogen-bond acceptors (Lipinski definition) is 1. The van der Waals surface area contributed by atoms with Crippen molar-refractivity contribution in [2.45, 2.75) is 58.2 Å². The first-order valence-electron chi connectivity index (χ1n) is 7.68. The number of benzene rings is 1. The molecule has 110 valence electrons. The molecule has 0 radical (unpaired) electrons. The van der Waals surface area contributed by atoms with Crippen molar-refractivity contribution in [3.8, 4) is 0 Å². The maximum Gasteiger partial charge on any atom is 0.0483 e. The molecule has 3 rings (SSSR count). The number of para-hydroxylation sites is 1. The number of aromatic nitrogens is 1. The van der Waals surface area contributed by atoms with Gasteiger partial charge in [0.05, 0.1) is 0 Å². The molecule has 1 aliphatic rings. The highest BCUT2D eigenvalue weighted by molar-refractivity contribution is 5.85. The Morgan fingerprint density at radius 2 is 1.95 bits per heavy atom. The van der Waals surface area contributed by atoms with Gasteiger partial charge in [-0.3, -0.25) is 0 Å². The summed E-state index contributed by atoms with van der Waals surface area (Å²) in [4.78, 5) is 0. The van der Waals surface area contributed by atoms with Gasteiger partial charge in [-0.25, -0.2) is 0 Å². The predicted molar refractivity (Wildman–Crippen MR) is 88.6 cm³/mol. The molecule has 1 saturated carbocycles. The van der Waals surface area contributed by atoms with Crippen molar-refractivity contribution in [1.82, 2.24) is 9.88 Å². The lowest BCUT2D eigenvalue weighted by Gasteiger charge is -2.10. The van der Waals surface area contributed by atoms with Crippen LogP contribution in [0, 0.1) is 0 Å². The van der Waals surface area contributed by atoms with E-state index in [-0.39, 0.29) is 12.4 Å². The van der Waals surface area contributed by atoms with Crippen LogP contribution < -0.4 is 5.32 Å². The minimum Gasteiger partial charge on any atom is -0.347 e. The molecule has 0 atom stereocenters. The molecule has 0 bridgehead atoms. The van der Waals surface area contributed by atoms with Crippen molar-refractivity contribution in [3.63, 3.8) is 0 Å². The van der Waals surface area contributed by atoms with Crippen molar-refractivity contribution in [2.75, 3.05) is 0 Å². The number of rotatable bonds is 5. The highest BCUT2D eigenvalue weighted by Crippen LogP contribution is 2.23. The largest absolute Gasteiger partial charge is 0.347 e. The molecule has 0 spiro atoms. The van der Waals surface area contributed by atoms with Gasteiger partial charge in [0.15, 0.2) is 0 Å². The van der Waals surface area contributed by atoms with E-state index < -0.39 is 0 Å². The van der Waals surface area contributed by atoms with E-state index in [2.05, 4.69) is 47.3 Å². The van der Waals surface area contributed by atoms with E-state index in [1.54, 1.807) is 0 Å². The van der Waals surface area contributed by atoms with Crippen LogP contribution in [0.1, 0.15) is 44.6 Å². The lowest BCUT2D eigenvalue weighted by molar-refractivity contribution is 0.524. The van der Waals surface area contributed by atoms with Gasteiger partial charge in [0.1, 0.15) is 0 Å². The zero-order chi connectivity index (χ0) is 13.1. The molecular weight excluding hydrogens is 268 g/mol. The Kier molecular flexibility index (Phi) is 5.50. The summed E-state index contributed by atoms with van der Waals surface area (Å²) in [5.74, 6) is 0. The maximum absolute atomic E-state index is 3.73. The summed E-state index contributed by atoms with van der Waals surface area (Å²) in [6.45, 7) is 4.37. The summed E-state index contributed by atoms with van der Waals surface area (Å²) in [5.41, 5.74) is 2.84. The highest BCUT2D eigenvalue weighted by atomic mass is 35.5. The van der Waals surface area contributed by atoms with Gasteiger partial charge >= 0.3 is 0 Å². The second kappa shape index (κ2) is 7.14.